The van der Waals surface area contributed by atoms with Crippen LogP contribution in [0.3, 0.4) is 0 Å². The fraction of sp³-hybridized carbons (Fsp3) is 0.714. The van der Waals surface area contributed by atoms with Crippen LogP contribution in [0, 0.1) is 5.41 Å². The Morgan fingerprint density at radius 1 is 1.23 bits per heavy atom. The van der Waals surface area contributed by atoms with Gasteiger partial charge in [-0.05, 0) is 65.1 Å². The van der Waals surface area contributed by atoms with Crippen molar-refractivity contribution in [2.24, 2.45) is 5.41 Å². The molecule has 5 aliphatic rings. The monoisotopic (exact) mass is 481 g/mol. The van der Waals surface area contributed by atoms with E-state index >= 15 is 0 Å². The Labute approximate surface area is 208 Å². The van der Waals surface area contributed by atoms with E-state index in [2.05, 4.69) is 36.3 Å². The van der Waals surface area contributed by atoms with E-state index < -0.39 is 33.7 Å². The molecule has 0 radical (unpaired) electrons. The highest BCUT2D eigenvalue weighted by atomic mass is 16.6. The molecule has 1 aliphatic carbocycles. The lowest BCUT2D eigenvalue weighted by atomic mass is 9.57. The molecule has 35 heavy (non-hydrogen) atoms. The van der Waals surface area contributed by atoms with Gasteiger partial charge in [-0.1, -0.05) is 32.4 Å². The number of likely N-dealkylation sites (N-methyl/N-ethyl adjacent to an activating group) is 1. The second kappa shape index (κ2) is 6.94. The summed E-state index contributed by atoms with van der Waals surface area (Å²) in [6.07, 6.45) is 4.04. The largest absolute Gasteiger partial charge is 0.387 e. The number of nitrogens with one attached hydrogen (secondary N) is 2. The summed E-state index contributed by atoms with van der Waals surface area (Å²) < 4.78 is 5.64. The van der Waals surface area contributed by atoms with Crippen molar-refractivity contribution in [2.45, 2.75) is 107 Å². The topological polar surface area (TPSA) is 94.2 Å². The fourth-order valence-corrected chi connectivity index (χ4v) is 8.45. The van der Waals surface area contributed by atoms with Crippen molar-refractivity contribution in [3.05, 3.63) is 29.3 Å². The molecular formula is C28H39N3O4. The molecule has 7 heteroatoms. The maximum Gasteiger partial charge on any atom is 0.235 e. The Hall–Kier alpha value is -1.80. The van der Waals surface area contributed by atoms with Crippen LogP contribution in [0.2, 0.25) is 0 Å². The molecule has 0 bridgehead atoms. The Bertz CT molecular complexity index is 1130. The van der Waals surface area contributed by atoms with E-state index in [0.717, 1.165) is 18.4 Å². The number of Topliss-reactive ketones (excluding diaryl/α,β-unsaturated/α-hetero) is 1. The van der Waals surface area contributed by atoms with Gasteiger partial charge in [0.25, 0.3) is 0 Å². The molecule has 4 aliphatic heterocycles. The van der Waals surface area contributed by atoms with Gasteiger partial charge in [0, 0.05) is 29.6 Å². The highest BCUT2D eigenvalue weighted by Crippen LogP contribution is 2.69. The third kappa shape index (κ3) is 2.65. The second-order valence-electron chi connectivity index (χ2n) is 12.9. The number of nitrogens with zero attached hydrogens (tertiary/aromatic N) is 1. The van der Waals surface area contributed by atoms with Crippen LogP contribution in [0.25, 0.3) is 0 Å². The maximum atomic E-state index is 14.1. The predicted octanol–water partition coefficient (Wildman–Crippen LogP) is 3.00. The molecule has 1 amide bonds. The number of amides is 1. The molecule has 0 aromatic heterocycles. The number of fused-ring (bicyclic) bond motifs is 4. The standard InChI is InChI=1S/C28H39N3O4/c1-16-9-7-10-17-13-28(34)25(4,5)27(14-26(28,29-6)15-31(16)17)19-12-8-11-18(20(19)30-23(27)33)21(32)22-24(2,3)35-22/h8,11-12,16-17,22,29,34H,7,9-10,13-15H2,1-6H3,(H,30,33)/t16-,17+,22+,26+,27-,28-/m0/s1. The molecule has 1 aromatic carbocycles. The average Bonchev–Trinajstić information content (AvgIpc) is 3.29. The Morgan fingerprint density at radius 2 is 1.94 bits per heavy atom. The van der Waals surface area contributed by atoms with Gasteiger partial charge in [0.05, 0.1) is 27.8 Å². The number of aliphatic hydroxyl groups is 1. The molecule has 6 atom stereocenters. The fourth-order valence-electron chi connectivity index (χ4n) is 8.45. The van der Waals surface area contributed by atoms with Gasteiger partial charge in [-0.15, -0.1) is 0 Å². The van der Waals surface area contributed by atoms with Crippen molar-refractivity contribution in [1.82, 2.24) is 10.2 Å². The summed E-state index contributed by atoms with van der Waals surface area (Å²) >= 11 is 0. The molecule has 0 unspecified atom stereocenters. The molecule has 1 saturated carbocycles. The number of epoxide rings is 1. The van der Waals surface area contributed by atoms with E-state index in [1.807, 2.05) is 33.0 Å². The van der Waals surface area contributed by atoms with Gasteiger partial charge in [0.15, 0.2) is 5.78 Å². The number of benzene rings is 1. The van der Waals surface area contributed by atoms with Crippen LogP contribution in [0.15, 0.2) is 18.2 Å². The molecule has 4 fully saturated rings. The first-order valence-electron chi connectivity index (χ1n) is 13.2. The first-order chi connectivity index (χ1) is 16.4. The van der Waals surface area contributed by atoms with Gasteiger partial charge in [-0.25, -0.2) is 0 Å². The van der Waals surface area contributed by atoms with Crippen LogP contribution in [0.4, 0.5) is 5.69 Å². The Kier molecular flexibility index (Phi) is 4.68. The number of rotatable bonds is 3. The molecule has 4 heterocycles. The third-order valence-corrected chi connectivity index (χ3v) is 10.8. The lowest BCUT2D eigenvalue weighted by Gasteiger charge is -2.59. The quantitative estimate of drug-likeness (QED) is 0.454. The number of carbonyl (C=O) groups excluding carboxylic acids is 2. The number of anilines is 1. The summed E-state index contributed by atoms with van der Waals surface area (Å²) in [6, 6.07) is 6.41. The van der Waals surface area contributed by atoms with E-state index in [-0.39, 0.29) is 11.7 Å². The summed E-state index contributed by atoms with van der Waals surface area (Å²) in [6.45, 7) is 10.9. The highest BCUT2D eigenvalue weighted by Gasteiger charge is 2.79. The van der Waals surface area contributed by atoms with Gasteiger partial charge >= 0.3 is 0 Å². The minimum Gasteiger partial charge on any atom is -0.387 e. The molecule has 3 N–H and O–H groups in total. The Morgan fingerprint density at radius 3 is 2.60 bits per heavy atom. The van der Waals surface area contributed by atoms with Gasteiger partial charge in [-0.3, -0.25) is 14.5 Å². The molecule has 190 valence electrons. The van der Waals surface area contributed by atoms with E-state index in [1.165, 1.54) is 6.42 Å². The first kappa shape index (κ1) is 23.6. The third-order valence-electron chi connectivity index (χ3n) is 10.8. The minimum absolute atomic E-state index is 0.0922. The van der Waals surface area contributed by atoms with Gasteiger partial charge in [-0.2, -0.15) is 0 Å². The van der Waals surface area contributed by atoms with Crippen molar-refractivity contribution in [3.63, 3.8) is 0 Å². The molecule has 6 rings (SSSR count). The first-order valence-corrected chi connectivity index (χ1v) is 13.2. The minimum atomic E-state index is -1.09. The van der Waals surface area contributed by atoms with Gasteiger partial charge < -0.3 is 20.5 Å². The zero-order valence-electron chi connectivity index (χ0n) is 21.8. The Balaban J connectivity index is 1.49. The van der Waals surface area contributed by atoms with Crippen molar-refractivity contribution in [2.75, 3.05) is 18.9 Å². The summed E-state index contributed by atoms with van der Waals surface area (Å²) in [5, 5.41) is 19.3. The number of ketones is 1. The van der Waals surface area contributed by atoms with Gasteiger partial charge in [0.1, 0.15) is 6.10 Å². The summed E-state index contributed by atoms with van der Waals surface area (Å²) in [4.78, 5) is 30.0. The number of hydrogen-bond donors (Lipinski definition) is 3. The highest BCUT2D eigenvalue weighted by molar-refractivity contribution is 6.15. The van der Waals surface area contributed by atoms with E-state index in [9.17, 15) is 14.7 Å². The number of ether oxygens (including phenoxy) is 1. The predicted molar refractivity (Wildman–Crippen MR) is 134 cm³/mol. The lowest BCUT2D eigenvalue weighted by Crippen LogP contribution is -2.74. The normalized spacial score (nSPS) is 42.8. The molecule has 1 spiro atoms. The zero-order valence-corrected chi connectivity index (χ0v) is 21.8. The average molecular weight is 482 g/mol. The maximum absolute atomic E-state index is 14.1. The van der Waals surface area contributed by atoms with E-state index in [1.54, 1.807) is 6.07 Å². The van der Waals surface area contributed by atoms with Crippen molar-refractivity contribution >= 4 is 17.4 Å². The molecular weight excluding hydrogens is 442 g/mol. The van der Waals surface area contributed by atoms with E-state index in [4.69, 9.17) is 4.74 Å². The summed E-state index contributed by atoms with van der Waals surface area (Å²) in [5.41, 5.74) is -1.98. The van der Waals surface area contributed by atoms with Crippen LogP contribution in [0.5, 0.6) is 0 Å². The number of carbonyl (C=O) groups is 2. The SMILES string of the molecule is CN[C@]12CN3[C@H](CCC[C@@H]3C)C[C@]1(O)C(C)(C)[C@]1(C2)C(=O)Nc2c(C(=O)[C@H]3OC3(C)C)cccc21. The molecule has 1 aromatic rings. The van der Waals surface area contributed by atoms with Crippen molar-refractivity contribution in [1.29, 1.82) is 0 Å². The van der Waals surface area contributed by atoms with Crippen LogP contribution in [-0.4, -0.2) is 70.2 Å². The van der Waals surface area contributed by atoms with Crippen LogP contribution < -0.4 is 10.6 Å². The smallest absolute Gasteiger partial charge is 0.235 e. The number of para-hydroxylation sites is 1. The van der Waals surface area contributed by atoms with Gasteiger partial charge in [0.2, 0.25) is 5.91 Å². The number of hydrogen-bond acceptors (Lipinski definition) is 6. The van der Waals surface area contributed by atoms with Crippen LogP contribution in [0.1, 0.15) is 82.6 Å². The second-order valence-corrected chi connectivity index (χ2v) is 12.9. The number of piperidine rings is 2. The summed E-state index contributed by atoms with van der Waals surface area (Å²) in [5.74, 6) is -0.206. The van der Waals surface area contributed by atoms with Crippen LogP contribution >= 0.6 is 0 Å². The van der Waals surface area contributed by atoms with E-state index in [0.29, 0.717) is 42.7 Å². The van der Waals surface area contributed by atoms with Crippen LogP contribution in [-0.2, 0) is 14.9 Å². The van der Waals surface area contributed by atoms with Crippen molar-refractivity contribution in [3.8, 4) is 0 Å². The molecule has 3 saturated heterocycles. The zero-order chi connectivity index (χ0) is 25.2. The lowest BCUT2D eigenvalue weighted by molar-refractivity contribution is -0.171. The van der Waals surface area contributed by atoms with Crippen molar-refractivity contribution < 1.29 is 19.4 Å². The molecule has 7 nitrogen and oxygen atoms in total. The summed E-state index contributed by atoms with van der Waals surface area (Å²) in [7, 11) is 1.93.